The van der Waals surface area contributed by atoms with Gasteiger partial charge in [-0.2, -0.15) is 0 Å². The first-order chi connectivity index (χ1) is 16.2. The Balaban J connectivity index is 1.63. The molecule has 6 heteroatoms. The Labute approximate surface area is 198 Å². The molecule has 5 aromatic rings. The summed E-state index contributed by atoms with van der Waals surface area (Å²) in [6.07, 6.45) is 3.13. The number of para-hydroxylation sites is 2. The number of benzene rings is 3. The molecule has 2 aromatic heterocycles. The van der Waals surface area contributed by atoms with Gasteiger partial charge in [-0.1, -0.05) is 66.2 Å². The monoisotopic (exact) mass is 455 g/mol. The van der Waals surface area contributed by atoms with Gasteiger partial charge in [0.05, 0.1) is 16.1 Å². The van der Waals surface area contributed by atoms with E-state index < -0.39 is 0 Å². The van der Waals surface area contributed by atoms with Crippen molar-refractivity contribution in [1.82, 2.24) is 19.9 Å². The van der Waals surface area contributed by atoms with Gasteiger partial charge in [0, 0.05) is 35.6 Å². The zero-order valence-electron chi connectivity index (χ0n) is 18.6. The molecule has 166 valence electrons. The van der Waals surface area contributed by atoms with Gasteiger partial charge in [0.2, 0.25) is 0 Å². The van der Waals surface area contributed by atoms with Gasteiger partial charge in [-0.3, -0.25) is 0 Å². The highest BCUT2D eigenvalue weighted by molar-refractivity contribution is 6.35. The predicted molar refractivity (Wildman–Crippen MR) is 138 cm³/mol. The third kappa shape index (κ3) is 4.42. The molecular weight excluding hydrogens is 430 g/mol. The summed E-state index contributed by atoms with van der Waals surface area (Å²) >= 11 is 6.67. The molecule has 0 fully saturated rings. The van der Waals surface area contributed by atoms with Crippen LogP contribution >= 0.6 is 11.6 Å². The first-order valence-electron chi connectivity index (χ1n) is 11.2. The van der Waals surface area contributed by atoms with E-state index in [1.165, 1.54) is 5.56 Å². The van der Waals surface area contributed by atoms with Gasteiger partial charge < -0.3 is 15.2 Å². The molecule has 0 saturated carbocycles. The summed E-state index contributed by atoms with van der Waals surface area (Å²) in [5.74, 6) is 1.56. The van der Waals surface area contributed by atoms with Crippen LogP contribution in [0.4, 0.5) is 5.82 Å². The van der Waals surface area contributed by atoms with Crippen LogP contribution in [0, 0.1) is 0 Å². The lowest BCUT2D eigenvalue weighted by Crippen LogP contribution is -2.13. The summed E-state index contributed by atoms with van der Waals surface area (Å²) < 4.78 is 2.20. The molecule has 0 amide bonds. The second kappa shape index (κ2) is 9.61. The van der Waals surface area contributed by atoms with Crippen LogP contribution in [0.2, 0.25) is 5.02 Å². The predicted octanol–water partition coefficient (Wildman–Crippen LogP) is 5.97. The van der Waals surface area contributed by atoms with E-state index in [1.54, 1.807) is 0 Å². The molecule has 0 spiro atoms. The summed E-state index contributed by atoms with van der Waals surface area (Å²) in [7, 11) is 1.97. The fraction of sp³-hybridized carbons (Fsp3) is 0.185. The van der Waals surface area contributed by atoms with E-state index in [9.17, 15) is 0 Å². The molecule has 0 saturated heterocycles. The number of halogens is 1. The zero-order valence-corrected chi connectivity index (χ0v) is 19.3. The molecule has 0 aliphatic carbocycles. The smallest absolute Gasteiger partial charge is 0.164 e. The van der Waals surface area contributed by atoms with E-state index in [4.69, 9.17) is 21.6 Å². The summed E-state index contributed by atoms with van der Waals surface area (Å²) in [6.45, 7) is 2.51. The van der Waals surface area contributed by atoms with E-state index in [0.29, 0.717) is 5.82 Å². The standard InChI is InChI=1S/C27H26ClN5/c1-29-15-8-16-30-26-21-11-5-6-14-24(21)31-27(32-26)22-18-33(17-19-9-3-2-4-10-19)25-20(22)12-7-13-23(25)28/h2-7,9-14,18,29H,8,15-17H2,1H3,(H,30,31,32). The van der Waals surface area contributed by atoms with Gasteiger partial charge >= 0.3 is 0 Å². The van der Waals surface area contributed by atoms with Crippen LogP contribution in [0.15, 0.2) is 79.0 Å². The molecule has 5 nitrogen and oxygen atoms in total. The average molecular weight is 456 g/mol. The Hall–Kier alpha value is -3.41. The van der Waals surface area contributed by atoms with Gasteiger partial charge in [0.15, 0.2) is 5.82 Å². The first-order valence-corrected chi connectivity index (χ1v) is 11.6. The highest BCUT2D eigenvalue weighted by Gasteiger charge is 2.17. The number of rotatable bonds is 8. The van der Waals surface area contributed by atoms with Crippen LogP contribution in [-0.4, -0.2) is 34.7 Å². The van der Waals surface area contributed by atoms with Crippen molar-refractivity contribution >= 4 is 39.2 Å². The van der Waals surface area contributed by atoms with E-state index in [2.05, 4.69) is 57.8 Å². The third-order valence-electron chi connectivity index (χ3n) is 5.78. The largest absolute Gasteiger partial charge is 0.369 e. The number of anilines is 1. The molecular formula is C27H26ClN5. The van der Waals surface area contributed by atoms with Crippen molar-refractivity contribution in [1.29, 1.82) is 0 Å². The summed E-state index contributed by atoms with van der Waals surface area (Å²) in [5, 5.41) is 9.50. The fourth-order valence-corrected chi connectivity index (χ4v) is 4.48. The van der Waals surface area contributed by atoms with Crippen molar-refractivity contribution in [2.45, 2.75) is 13.0 Å². The van der Waals surface area contributed by atoms with Gasteiger partial charge in [-0.05, 0) is 43.8 Å². The normalized spacial score (nSPS) is 11.3. The van der Waals surface area contributed by atoms with Gasteiger partial charge in [-0.15, -0.1) is 0 Å². The van der Waals surface area contributed by atoms with Crippen molar-refractivity contribution in [3.05, 3.63) is 89.6 Å². The van der Waals surface area contributed by atoms with Gasteiger partial charge in [0.25, 0.3) is 0 Å². The summed E-state index contributed by atoms with van der Waals surface area (Å²) in [5.41, 5.74) is 4.11. The minimum absolute atomic E-state index is 0.698. The maximum atomic E-state index is 6.67. The highest BCUT2D eigenvalue weighted by atomic mass is 35.5. The van der Waals surface area contributed by atoms with Crippen LogP contribution < -0.4 is 10.6 Å². The van der Waals surface area contributed by atoms with Crippen molar-refractivity contribution in [2.24, 2.45) is 0 Å². The van der Waals surface area contributed by atoms with Crippen LogP contribution in [0.25, 0.3) is 33.2 Å². The lowest BCUT2D eigenvalue weighted by atomic mass is 10.1. The molecule has 0 aliphatic heterocycles. The molecule has 2 heterocycles. The van der Waals surface area contributed by atoms with Crippen molar-refractivity contribution < 1.29 is 0 Å². The second-order valence-electron chi connectivity index (χ2n) is 8.09. The van der Waals surface area contributed by atoms with E-state index in [-0.39, 0.29) is 0 Å². The van der Waals surface area contributed by atoms with Gasteiger partial charge in [-0.25, -0.2) is 9.97 Å². The number of fused-ring (bicyclic) bond motifs is 2. The number of nitrogens with one attached hydrogen (secondary N) is 2. The van der Waals surface area contributed by atoms with E-state index in [1.807, 2.05) is 43.4 Å². The zero-order chi connectivity index (χ0) is 22.6. The number of hydrogen-bond acceptors (Lipinski definition) is 4. The Morgan fingerprint density at radius 3 is 2.48 bits per heavy atom. The molecule has 33 heavy (non-hydrogen) atoms. The lowest BCUT2D eigenvalue weighted by Gasteiger charge is -2.10. The van der Waals surface area contributed by atoms with Crippen LogP contribution in [0.5, 0.6) is 0 Å². The average Bonchev–Trinajstić information content (AvgIpc) is 3.22. The Morgan fingerprint density at radius 1 is 0.848 bits per heavy atom. The van der Waals surface area contributed by atoms with E-state index >= 15 is 0 Å². The Kier molecular flexibility index (Phi) is 6.24. The maximum Gasteiger partial charge on any atom is 0.164 e. The number of aromatic nitrogens is 3. The number of hydrogen-bond donors (Lipinski definition) is 2. The van der Waals surface area contributed by atoms with Gasteiger partial charge in [0.1, 0.15) is 5.82 Å². The number of nitrogens with zero attached hydrogens (tertiary/aromatic N) is 3. The SMILES string of the molecule is CNCCCNc1nc(-c2cn(Cc3ccccc3)c3c(Cl)cccc23)nc2ccccc12. The molecule has 3 aromatic carbocycles. The maximum absolute atomic E-state index is 6.67. The molecule has 0 bridgehead atoms. The molecule has 2 N–H and O–H groups in total. The fourth-order valence-electron chi connectivity index (χ4n) is 4.20. The molecule has 0 radical (unpaired) electrons. The van der Waals surface area contributed by atoms with E-state index in [0.717, 1.165) is 64.3 Å². The topological polar surface area (TPSA) is 54.8 Å². The molecule has 0 aliphatic rings. The molecule has 0 unspecified atom stereocenters. The van der Waals surface area contributed by atoms with Crippen LogP contribution in [0.3, 0.4) is 0 Å². The van der Waals surface area contributed by atoms with Crippen LogP contribution in [0.1, 0.15) is 12.0 Å². The molecule has 5 rings (SSSR count). The van der Waals surface area contributed by atoms with Crippen molar-refractivity contribution in [2.75, 3.05) is 25.5 Å². The second-order valence-corrected chi connectivity index (χ2v) is 8.50. The Bertz CT molecular complexity index is 1390. The first kappa shape index (κ1) is 21.4. The summed E-state index contributed by atoms with van der Waals surface area (Å²) in [6, 6.07) is 24.6. The minimum Gasteiger partial charge on any atom is -0.369 e. The third-order valence-corrected chi connectivity index (χ3v) is 6.09. The summed E-state index contributed by atoms with van der Waals surface area (Å²) in [4.78, 5) is 9.90. The van der Waals surface area contributed by atoms with Crippen LogP contribution in [-0.2, 0) is 6.54 Å². The van der Waals surface area contributed by atoms with Crippen molar-refractivity contribution in [3.8, 4) is 11.4 Å². The lowest BCUT2D eigenvalue weighted by molar-refractivity contribution is 0.747. The molecule has 0 atom stereocenters. The minimum atomic E-state index is 0.698. The Morgan fingerprint density at radius 2 is 1.64 bits per heavy atom. The van der Waals surface area contributed by atoms with Crippen molar-refractivity contribution in [3.63, 3.8) is 0 Å². The quantitative estimate of drug-likeness (QED) is 0.283. The highest BCUT2D eigenvalue weighted by Crippen LogP contribution is 2.35.